The van der Waals surface area contributed by atoms with Crippen LogP contribution in [0.25, 0.3) is 10.9 Å². The summed E-state index contributed by atoms with van der Waals surface area (Å²) in [6.45, 7) is 0.361. The molecule has 3 aromatic carbocycles. The number of amides is 1. The van der Waals surface area contributed by atoms with Crippen LogP contribution >= 0.6 is 0 Å². The van der Waals surface area contributed by atoms with Crippen molar-refractivity contribution in [1.29, 1.82) is 0 Å². The van der Waals surface area contributed by atoms with Gasteiger partial charge in [-0.1, -0.05) is 24.3 Å². The Labute approximate surface area is 191 Å². The summed E-state index contributed by atoms with van der Waals surface area (Å²) < 4.78 is 33.6. The van der Waals surface area contributed by atoms with Crippen molar-refractivity contribution in [2.24, 2.45) is 0 Å². The number of nitrogens with one attached hydrogen (secondary N) is 1. The van der Waals surface area contributed by atoms with Crippen molar-refractivity contribution in [3.05, 3.63) is 90.1 Å². The van der Waals surface area contributed by atoms with Crippen LogP contribution in [0.1, 0.15) is 15.9 Å². The second-order valence-electron chi connectivity index (χ2n) is 7.68. The quantitative estimate of drug-likeness (QED) is 0.482. The van der Waals surface area contributed by atoms with Gasteiger partial charge in [-0.15, -0.1) is 0 Å². The van der Waals surface area contributed by atoms with Crippen molar-refractivity contribution in [3.8, 4) is 5.75 Å². The van der Waals surface area contributed by atoms with Gasteiger partial charge in [0.15, 0.2) is 0 Å². The topological polar surface area (TPSA) is 88.6 Å². The van der Waals surface area contributed by atoms with Crippen LogP contribution in [0.4, 0.5) is 11.4 Å². The lowest BCUT2D eigenvalue weighted by Gasteiger charge is -2.20. The van der Waals surface area contributed by atoms with E-state index in [9.17, 15) is 13.2 Å². The Morgan fingerprint density at radius 2 is 1.88 bits per heavy atom. The highest BCUT2D eigenvalue weighted by molar-refractivity contribution is 7.92. The first-order valence-electron chi connectivity index (χ1n) is 10.4. The van der Waals surface area contributed by atoms with Crippen molar-refractivity contribution in [1.82, 2.24) is 4.98 Å². The summed E-state index contributed by atoms with van der Waals surface area (Å²) in [4.78, 5) is 17.4. The number of anilines is 2. The molecule has 0 atom stereocenters. The number of nitrogens with zero attached hydrogens (tertiary/aromatic N) is 2. The Morgan fingerprint density at radius 1 is 1.03 bits per heavy atom. The van der Waals surface area contributed by atoms with E-state index in [1.807, 2.05) is 42.5 Å². The smallest absolute Gasteiger partial charge is 0.264 e. The van der Waals surface area contributed by atoms with E-state index in [1.165, 1.54) is 29.6 Å². The summed E-state index contributed by atoms with van der Waals surface area (Å²) in [6, 6.07) is 20.9. The van der Waals surface area contributed by atoms with Gasteiger partial charge in [0.05, 0.1) is 28.8 Å². The van der Waals surface area contributed by atoms with Gasteiger partial charge in [-0.3, -0.25) is 14.1 Å². The third kappa shape index (κ3) is 3.78. The number of carbonyl (C=O) groups is 1. The third-order valence-electron chi connectivity index (χ3n) is 5.71. The number of para-hydroxylation sites is 1. The summed E-state index contributed by atoms with van der Waals surface area (Å²) in [5.41, 5.74) is 3.18. The molecule has 0 saturated heterocycles. The lowest BCUT2D eigenvalue weighted by Crippen LogP contribution is -2.29. The van der Waals surface area contributed by atoms with Crippen molar-refractivity contribution >= 4 is 38.2 Å². The molecule has 1 aliphatic heterocycles. The van der Waals surface area contributed by atoms with E-state index < -0.39 is 15.9 Å². The molecule has 0 bridgehead atoms. The summed E-state index contributed by atoms with van der Waals surface area (Å²) in [6.07, 6.45) is 2.35. The minimum absolute atomic E-state index is 0.0351. The molecule has 33 heavy (non-hydrogen) atoms. The first-order chi connectivity index (χ1) is 16.0. The predicted octanol–water partition coefficient (Wildman–Crippen LogP) is 4.25. The second kappa shape index (κ2) is 8.22. The van der Waals surface area contributed by atoms with Gasteiger partial charge in [-0.25, -0.2) is 8.42 Å². The maximum absolute atomic E-state index is 13.4. The molecule has 166 valence electrons. The van der Waals surface area contributed by atoms with Crippen molar-refractivity contribution in [3.63, 3.8) is 0 Å². The maximum Gasteiger partial charge on any atom is 0.264 e. The van der Waals surface area contributed by atoms with Crippen LogP contribution in [0.15, 0.2) is 83.9 Å². The molecule has 0 saturated carbocycles. The van der Waals surface area contributed by atoms with Crippen molar-refractivity contribution in [2.75, 3.05) is 23.3 Å². The van der Waals surface area contributed by atoms with E-state index in [2.05, 4.69) is 10.3 Å². The molecule has 1 aromatic heterocycles. The number of hydrogen-bond donors (Lipinski definition) is 1. The van der Waals surface area contributed by atoms with E-state index in [-0.39, 0.29) is 16.2 Å². The van der Waals surface area contributed by atoms with E-state index in [0.717, 1.165) is 16.5 Å². The maximum atomic E-state index is 13.4. The Balaban J connectivity index is 1.48. The second-order valence-corrected chi connectivity index (χ2v) is 9.55. The molecule has 0 aliphatic carbocycles. The van der Waals surface area contributed by atoms with Gasteiger partial charge < -0.3 is 10.1 Å². The van der Waals surface area contributed by atoms with Crippen LogP contribution in [-0.2, 0) is 16.4 Å². The monoisotopic (exact) mass is 459 g/mol. The first kappa shape index (κ1) is 21.0. The van der Waals surface area contributed by atoms with Gasteiger partial charge in [0.25, 0.3) is 15.9 Å². The van der Waals surface area contributed by atoms with Crippen LogP contribution in [0.2, 0.25) is 0 Å². The Morgan fingerprint density at radius 3 is 2.73 bits per heavy atom. The molecule has 8 heteroatoms. The number of hydrogen-bond acceptors (Lipinski definition) is 5. The lowest BCUT2D eigenvalue weighted by atomic mass is 10.1. The van der Waals surface area contributed by atoms with Crippen molar-refractivity contribution in [2.45, 2.75) is 11.3 Å². The summed E-state index contributed by atoms with van der Waals surface area (Å²) in [7, 11) is -2.40. The molecule has 1 aliphatic rings. The number of methoxy groups -OCH3 is 1. The van der Waals surface area contributed by atoms with Crippen LogP contribution < -0.4 is 14.4 Å². The number of carbonyl (C=O) groups excluding carboxylic acids is 1. The molecule has 0 fully saturated rings. The Bertz CT molecular complexity index is 1480. The zero-order valence-corrected chi connectivity index (χ0v) is 18.7. The summed E-state index contributed by atoms with van der Waals surface area (Å²) in [5.74, 6) is -0.176. The van der Waals surface area contributed by atoms with E-state index >= 15 is 0 Å². The highest BCUT2D eigenvalue weighted by Gasteiger charge is 2.31. The molecular formula is C25H21N3O4S. The number of fused-ring (bicyclic) bond motifs is 2. The van der Waals surface area contributed by atoms with E-state index in [0.29, 0.717) is 24.3 Å². The van der Waals surface area contributed by atoms with Gasteiger partial charge >= 0.3 is 0 Å². The van der Waals surface area contributed by atoms with Gasteiger partial charge in [0.1, 0.15) is 5.75 Å². The Hall–Kier alpha value is -3.91. The number of sulfonamides is 1. The summed E-state index contributed by atoms with van der Waals surface area (Å²) in [5, 5.41) is 3.71. The largest absolute Gasteiger partial charge is 0.496 e. The molecule has 5 rings (SSSR count). The fourth-order valence-corrected chi connectivity index (χ4v) is 5.59. The molecule has 1 amide bonds. The average molecular weight is 460 g/mol. The first-order valence-corrected chi connectivity index (χ1v) is 11.9. The van der Waals surface area contributed by atoms with Gasteiger partial charge in [0, 0.05) is 23.8 Å². The highest BCUT2D eigenvalue weighted by atomic mass is 32.2. The number of pyridine rings is 1. The fourth-order valence-electron chi connectivity index (χ4n) is 4.06. The average Bonchev–Trinajstić information content (AvgIpc) is 3.28. The van der Waals surface area contributed by atoms with Crippen LogP contribution in [-0.4, -0.2) is 33.0 Å². The van der Waals surface area contributed by atoms with Gasteiger partial charge in [0.2, 0.25) is 0 Å². The SMILES string of the molecule is COc1ccc(S(=O)(=O)N2CCc3ccccc32)cc1C(=O)Nc1ccc2ncccc2c1. The molecule has 2 heterocycles. The zero-order valence-electron chi connectivity index (χ0n) is 17.9. The Kier molecular flexibility index (Phi) is 5.22. The minimum atomic E-state index is -3.85. The number of ether oxygens (including phenoxy) is 1. The molecular weight excluding hydrogens is 438 g/mol. The normalized spacial score (nSPS) is 13.1. The highest BCUT2D eigenvalue weighted by Crippen LogP contribution is 2.34. The summed E-state index contributed by atoms with van der Waals surface area (Å²) >= 11 is 0. The fraction of sp³-hybridized carbons (Fsp3) is 0.120. The molecule has 0 spiro atoms. The molecule has 1 N–H and O–H groups in total. The lowest BCUT2D eigenvalue weighted by molar-refractivity contribution is 0.102. The van der Waals surface area contributed by atoms with Crippen LogP contribution in [0.3, 0.4) is 0 Å². The molecule has 7 nitrogen and oxygen atoms in total. The standard InChI is InChI=1S/C25H21N3O4S/c1-32-24-11-9-20(33(30,31)28-14-12-17-5-2-3-7-23(17)28)16-21(24)25(29)27-19-8-10-22-18(15-19)6-4-13-26-22/h2-11,13,15-16H,12,14H2,1H3,(H,27,29). The number of aromatic nitrogens is 1. The van der Waals surface area contributed by atoms with Gasteiger partial charge in [-0.2, -0.15) is 0 Å². The minimum Gasteiger partial charge on any atom is -0.496 e. The van der Waals surface area contributed by atoms with Crippen molar-refractivity contribution < 1.29 is 17.9 Å². The van der Waals surface area contributed by atoms with E-state index in [4.69, 9.17) is 4.74 Å². The van der Waals surface area contributed by atoms with Crippen LogP contribution in [0.5, 0.6) is 5.75 Å². The zero-order chi connectivity index (χ0) is 23.0. The number of rotatable bonds is 5. The van der Waals surface area contributed by atoms with Crippen LogP contribution in [0, 0.1) is 0 Å². The number of benzene rings is 3. The molecule has 4 aromatic rings. The molecule has 0 radical (unpaired) electrons. The van der Waals surface area contributed by atoms with Gasteiger partial charge in [-0.05, 0) is 60.5 Å². The van der Waals surface area contributed by atoms with E-state index in [1.54, 1.807) is 18.3 Å². The molecule has 0 unspecified atom stereocenters. The third-order valence-corrected chi connectivity index (χ3v) is 7.52. The predicted molar refractivity (Wildman–Crippen MR) is 127 cm³/mol.